The summed E-state index contributed by atoms with van der Waals surface area (Å²) in [5.74, 6) is -0.371. The molecule has 1 N–H and O–H groups in total. The highest BCUT2D eigenvalue weighted by Gasteiger charge is 2.24. The van der Waals surface area contributed by atoms with E-state index in [1.54, 1.807) is 13.0 Å². The van der Waals surface area contributed by atoms with Crippen LogP contribution in [0, 0.1) is 11.7 Å². The number of H-pyrrole nitrogens is 1. The van der Waals surface area contributed by atoms with E-state index in [0.29, 0.717) is 16.1 Å². The van der Waals surface area contributed by atoms with E-state index in [2.05, 4.69) is 16.9 Å². The van der Waals surface area contributed by atoms with Crippen LogP contribution in [-0.2, 0) is 22.4 Å². The molecule has 8 heteroatoms. The second kappa shape index (κ2) is 7.94. The van der Waals surface area contributed by atoms with Gasteiger partial charge >= 0.3 is 5.97 Å². The second-order valence-electron chi connectivity index (χ2n) is 7.33. The van der Waals surface area contributed by atoms with Crippen LogP contribution < -0.4 is 10.3 Å². The second-order valence-corrected chi connectivity index (χ2v) is 8.42. The maximum absolute atomic E-state index is 13.6. The maximum Gasteiger partial charge on any atom is 0.344 e. The van der Waals surface area contributed by atoms with Gasteiger partial charge in [-0.05, 0) is 49.8 Å². The summed E-state index contributed by atoms with van der Waals surface area (Å²) >= 11 is 1.54. The number of fused-ring (bicyclic) bond motifs is 3. The van der Waals surface area contributed by atoms with Crippen molar-refractivity contribution in [3.63, 3.8) is 0 Å². The molecule has 0 spiro atoms. The van der Waals surface area contributed by atoms with E-state index in [0.717, 1.165) is 24.8 Å². The predicted molar refractivity (Wildman–Crippen MR) is 108 cm³/mol. The Morgan fingerprint density at radius 1 is 1.41 bits per heavy atom. The molecule has 0 aliphatic heterocycles. The zero-order chi connectivity index (χ0) is 20.5. The number of benzene rings is 1. The number of esters is 1. The third-order valence-electron chi connectivity index (χ3n) is 5.06. The van der Waals surface area contributed by atoms with Crippen LogP contribution in [-0.4, -0.2) is 22.5 Å². The Hall–Kier alpha value is -2.74. The van der Waals surface area contributed by atoms with E-state index in [-0.39, 0.29) is 17.1 Å². The van der Waals surface area contributed by atoms with Gasteiger partial charge in [0.2, 0.25) is 0 Å². The van der Waals surface area contributed by atoms with Gasteiger partial charge in [0, 0.05) is 4.88 Å². The Balaban J connectivity index is 1.48. The number of nitrogens with one attached hydrogen (secondary N) is 1. The van der Waals surface area contributed by atoms with Crippen LogP contribution >= 0.6 is 11.3 Å². The number of aromatic amines is 1. The predicted octanol–water partition coefficient (Wildman–Crippen LogP) is 3.93. The standard InChI is InChI=1S/C21H21FN2O4S/c1-11-7-8-13-16(9-11)29-21-18(13)20(26)23-19(24-21)12(2)28-17(25)10-27-15-6-4-3-5-14(15)22/h3-6,11-12H,7-10H2,1-2H3,(H,23,24,26)/t11-,12-/m0/s1. The molecule has 1 aliphatic rings. The van der Waals surface area contributed by atoms with Gasteiger partial charge < -0.3 is 14.5 Å². The van der Waals surface area contributed by atoms with Crippen molar-refractivity contribution in [3.8, 4) is 5.75 Å². The van der Waals surface area contributed by atoms with Crippen molar-refractivity contribution < 1.29 is 18.7 Å². The van der Waals surface area contributed by atoms with Gasteiger partial charge in [-0.1, -0.05) is 19.1 Å². The minimum atomic E-state index is -0.762. The fourth-order valence-electron chi connectivity index (χ4n) is 3.54. The molecule has 3 aromatic rings. The summed E-state index contributed by atoms with van der Waals surface area (Å²) in [5.41, 5.74) is 0.897. The maximum atomic E-state index is 13.6. The highest BCUT2D eigenvalue weighted by Crippen LogP contribution is 2.35. The van der Waals surface area contributed by atoms with E-state index >= 15 is 0 Å². The molecule has 1 aliphatic carbocycles. The van der Waals surface area contributed by atoms with Crippen LogP contribution in [0.1, 0.15) is 42.6 Å². The van der Waals surface area contributed by atoms with Gasteiger partial charge in [0.05, 0.1) is 5.39 Å². The van der Waals surface area contributed by atoms with Gasteiger partial charge in [0.25, 0.3) is 5.56 Å². The van der Waals surface area contributed by atoms with Crippen molar-refractivity contribution in [2.75, 3.05) is 6.61 Å². The Labute approximate surface area is 170 Å². The number of aryl methyl sites for hydroxylation is 1. The van der Waals surface area contributed by atoms with Gasteiger partial charge in [-0.25, -0.2) is 14.2 Å². The molecule has 2 aromatic heterocycles. The summed E-state index contributed by atoms with van der Waals surface area (Å²) in [6.07, 6.45) is 2.15. The normalized spacial score (nSPS) is 17.0. The fraction of sp³-hybridized carbons (Fsp3) is 0.381. The molecule has 0 saturated carbocycles. The van der Waals surface area contributed by atoms with Crippen LogP contribution in [0.2, 0.25) is 0 Å². The van der Waals surface area contributed by atoms with Crippen molar-refractivity contribution in [3.05, 3.63) is 56.7 Å². The average molecular weight is 416 g/mol. The number of ether oxygens (including phenoxy) is 2. The first kappa shape index (κ1) is 19.6. The Bertz CT molecular complexity index is 1120. The molecule has 29 heavy (non-hydrogen) atoms. The van der Waals surface area contributed by atoms with E-state index < -0.39 is 24.5 Å². The average Bonchev–Trinajstić information content (AvgIpc) is 3.05. The summed E-state index contributed by atoms with van der Waals surface area (Å²) in [7, 11) is 0. The summed E-state index contributed by atoms with van der Waals surface area (Å²) in [6, 6.07) is 5.81. The Morgan fingerprint density at radius 2 is 2.21 bits per heavy atom. The van der Waals surface area contributed by atoms with Crippen molar-refractivity contribution in [2.45, 2.75) is 39.2 Å². The number of hydrogen-bond donors (Lipinski definition) is 1. The van der Waals surface area contributed by atoms with Crippen molar-refractivity contribution in [2.24, 2.45) is 5.92 Å². The highest BCUT2D eigenvalue weighted by molar-refractivity contribution is 7.18. The SMILES string of the molecule is C[C@H]1CCc2c(sc3nc([C@H](C)OC(=O)COc4ccccc4F)[nH]c(=O)c23)C1. The zero-order valence-electron chi connectivity index (χ0n) is 16.2. The smallest absolute Gasteiger partial charge is 0.344 e. The zero-order valence-corrected chi connectivity index (χ0v) is 17.0. The van der Waals surface area contributed by atoms with Crippen LogP contribution in [0.15, 0.2) is 29.1 Å². The number of nitrogens with zero attached hydrogens (tertiary/aromatic N) is 1. The largest absolute Gasteiger partial charge is 0.479 e. The van der Waals surface area contributed by atoms with Crippen LogP contribution in [0.25, 0.3) is 10.2 Å². The van der Waals surface area contributed by atoms with Crippen LogP contribution in [0.3, 0.4) is 0 Å². The monoisotopic (exact) mass is 416 g/mol. The van der Waals surface area contributed by atoms with E-state index in [9.17, 15) is 14.0 Å². The molecule has 0 amide bonds. The molecule has 0 radical (unpaired) electrons. The Morgan fingerprint density at radius 3 is 3.00 bits per heavy atom. The lowest BCUT2D eigenvalue weighted by atomic mass is 9.89. The number of carbonyl (C=O) groups excluding carboxylic acids is 1. The minimum Gasteiger partial charge on any atom is -0.479 e. The first-order chi connectivity index (χ1) is 13.9. The summed E-state index contributed by atoms with van der Waals surface area (Å²) in [6.45, 7) is 3.39. The van der Waals surface area contributed by atoms with Gasteiger partial charge in [-0.2, -0.15) is 0 Å². The molecular formula is C21H21FN2O4S. The number of halogens is 1. The molecule has 0 bridgehead atoms. The summed E-state index contributed by atoms with van der Waals surface area (Å²) in [5, 5.41) is 0.655. The lowest BCUT2D eigenvalue weighted by Gasteiger charge is -2.17. The van der Waals surface area contributed by atoms with Crippen molar-refractivity contribution >= 4 is 27.5 Å². The third kappa shape index (κ3) is 4.03. The topological polar surface area (TPSA) is 81.3 Å². The number of hydrogen-bond acceptors (Lipinski definition) is 6. The molecule has 0 fully saturated rings. The summed E-state index contributed by atoms with van der Waals surface area (Å²) < 4.78 is 24.0. The first-order valence-electron chi connectivity index (χ1n) is 9.53. The Kier molecular flexibility index (Phi) is 5.36. The molecule has 2 atom stereocenters. The number of carbonyl (C=O) groups is 1. The van der Waals surface area contributed by atoms with E-state index in [1.165, 1.54) is 34.4 Å². The van der Waals surface area contributed by atoms with Crippen LogP contribution in [0.4, 0.5) is 4.39 Å². The summed E-state index contributed by atoms with van der Waals surface area (Å²) in [4.78, 5) is 33.9. The molecule has 4 rings (SSSR count). The molecule has 0 unspecified atom stereocenters. The van der Waals surface area contributed by atoms with Gasteiger partial charge in [0.1, 0.15) is 4.83 Å². The van der Waals surface area contributed by atoms with E-state index in [4.69, 9.17) is 9.47 Å². The first-order valence-corrected chi connectivity index (χ1v) is 10.3. The lowest BCUT2D eigenvalue weighted by Crippen LogP contribution is -2.21. The number of aromatic nitrogens is 2. The van der Waals surface area contributed by atoms with Gasteiger partial charge in [-0.15, -0.1) is 11.3 Å². The minimum absolute atomic E-state index is 0.0246. The molecular weight excluding hydrogens is 395 g/mol. The van der Waals surface area contributed by atoms with Crippen LogP contribution in [0.5, 0.6) is 5.75 Å². The molecule has 1 aromatic carbocycles. The quantitative estimate of drug-likeness (QED) is 0.638. The lowest BCUT2D eigenvalue weighted by molar-refractivity contribution is -0.151. The highest BCUT2D eigenvalue weighted by atomic mass is 32.1. The number of rotatable bonds is 5. The van der Waals surface area contributed by atoms with Gasteiger partial charge in [0.15, 0.2) is 30.1 Å². The number of thiophene rings is 1. The molecule has 2 heterocycles. The third-order valence-corrected chi connectivity index (χ3v) is 6.21. The molecule has 6 nitrogen and oxygen atoms in total. The van der Waals surface area contributed by atoms with Gasteiger partial charge in [-0.3, -0.25) is 4.79 Å². The molecule has 0 saturated heterocycles. The number of para-hydroxylation sites is 1. The van der Waals surface area contributed by atoms with E-state index in [1.807, 2.05) is 0 Å². The van der Waals surface area contributed by atoms with Crippen molar-refractivity contribution in [1.29, 1.82) is 0 Å². The van der Waals surface area contributed by atoms with Crippen molar-refractivity contribution in [1.82, 2.24) is 9.97 Å². The fourth-order valence-corrected chi connectivity index (χ4v) is 4.93. The molecule has 152 valence electrons.